The topological polar surface area (TPSA) is 71.1 Å². The molecule has 0 aliphatic heterocycles. The molecule has 0 aliphatic carbocycles. The highest BCUT2D eigenvalue weighted by Gasteiger charge is 2.26. The number of hydrogen-bond donors (Lipinski definition) is 2. The number of benzene rings is 1. The molecular formula is C16H19N3O2S. The summed E-state index contributed by atoms with van der Waals surface area (Å²) in [5.41, 5.74) is 0.540. The van der Waals surface area contributed by atoms with E-state index in [1.807, 2.05) is 19.9 Å². The van der Waals surface area contributed by atoms with Crippen LogP contribution in [0.1, 0.15) is 30.6 Å². The van der Waals surface area contributed by atoms with Gasteiger partial charge in [0, 0.05) is 17.1 Å². The molecule has 2 N–H and O–H groups in total. The van der Waals surface area contributed by atoms with E-state index in [4.69, 9.17) is 0 Å². The van der Waals surface area contributed by atoms with Gasteiger partial charge in [-0.1, -0.05) is 38.5 Å². The Morgan fingerprint density at radius 1 is 1.27 bits per heavy atom. The lowest BCUT2D eigenvalue weighted by molar-refractivity contribution is -0.119. The predicted octanol–water partition coefficient (Wildman–Crippen LogP) is 2.93. The lowest BCUT2D eigenvalue weighted by atomic mass is 9.98. The van der Waals surface area contributed by atoms with Crippen molar-refractivity contribution in [3.05, 3.63) is 47.5 Å². The first-order valence-corrected chi connectivity index (χ1v) is 8.06. The second kappa shape index (κ2) is 7.70. The number of nitrogens with zero attached hydrogens (tertiary/aromatic N) is 1. The number of carbonyl (C=O) groups is 2. The van der Waals surface area contributed by atoms with Crippen LogP contribution in [-0.4, -0.2) is 22.8 Å². The van der Waals surface area contributed by atoms with Gasteiger partial charge in [0.1, 0.15) is 6.04 Å². The number of thiazole rings is 1. The summed E-state index contributed by atoms with van der Waals surface area (Å²) >= 11 is 1.35. The Bertz CT molecular complexity index is 614. The van der Waals surface area contributed by atoms with Crippen molar-refractivity contribution in [1.82, 2.24) is 10.3 Å². The largest absolute Gasteiger partial charge is 0.340 e. The number of hydrogen-bond acceptors (Lipinski definition) is 4. The molecule has 0 spiro atoms. The van der Waals surface area contributed by atoms with E-state index < -0.39 is 6.04 Å². The molecule has 2 amide bonds. The van der Waals surface area contributed by atoms with Crippen molar-refractivity contribution in [3.8, 4) is 0 Å². The first-order chi connectivity index (χ1) is 10.6. The van der Waals surface area contributed by atoms with E-state index in [9.17, 15) is 9.59 Å². The quantitative estimate of drug-likeness (QED) is 0.860. The van der Waals surface area contributed by atoms with Crippen LogP contribution < -0.4 is 10.6 Å². The molecule has 2 atom stereocenters. The predicted molar refractivity (Wildman–Crippen MR) is 87.9 cm³/mol. The molecule has 2 rings (SSSR count). The Morgan fingerprint density at radius 3 is 2.59 bits per heavy atom. The second-order valence-corrected chi connectivity index (χ2v) is 5.92. The molecule has 0 saturated heterocycles. The number of anilines is 1. The van der Waals surface area contributed by atoms with E-state index in [2.05, 4.69) is 15.6 Å². The molecule has 0 saturated carbocycles. The third-order valence-corrected chi connectivity index (χ3v) is 4.17. The Hall–Kier alpha value is -2.21. The van der Waals surface area contributed by atoms with Crippen LogP contribution in [0.5, 0.6) is 0 Å². The summed E-state index contributed by atoms with van der Waals surface area (Å²) in [5, 5.41) is 7.89. The van der Waals surface area contributed by atoms with Crippen molar-refractivity contribution < 1.29 is 9.59 Å². The molecule has 1 heterocycles. The van der Waals surface area contributed by atoms with Gasteiger partial charge in [0.05, 0.1) is 0 Å². The number of amides is 2. The molecule has 116 valence electrons. The first kappa shape index (κ1) is 16.2. The van der Waals surface area contributed by atoms with Crippen LogP contribution in [0.3, 0.4) is 0 Å². The molecule has 0 aliphatic rings. The summed E-state index contributed by atoms with van der Waals surface area (Å²) in [6.07, 6.45) is 2.41. The zero-order valence-corrected chi connectivity index (χ0v) is 13.4. The smallest absolute Gasteiger partial charge is 0.251 e. The Morgan fingerprint density at radius 2 is 2.00 bits per heavy atom. The van der Waals surface area contributed by atoms with Crippen LogP contribution in [0.2, 0.25) is 0 Å². The lowest BCUT2D eigenvalue weighted by Gasteiger charge is -2.23. The van der Waals surface area contributed by atoms with Gasteiger partial charge in [0.25, 0.3) is 5.91 Å². The number of aromatic nitrogens is 1. The number of rotatable bonds is 6. The minimum absolute atomic E-state index is 0.0209. The summed E-state index contributed by atoms with van der Waals surface area (Å²) in [6, 6.07) is 8.29. The highest BCUT2D eigenvalue weighted by atomic mass is 32.1. The number of nitrogens with one attached hydrogen (secondary N) is 2. The van der Waals surface area contributed by atoms with Crippen LogP contribution in [-0.2, 0) is 4.79 Å². The van der Waals surface area contributed by atoms with Crippen LogP contribution in [0, 0.1) is 5.92 Å². The van der Waals surface area contributed by atoms with Crippen molar-refractivity contribution in [2.45, 2.75) is 26.3 Å². The lowest BCUT2D eigenvalue weighted by Crippen LogP contribution is -2.47. The van der Waals surface area contributed by atoms with Gasteiger partial charge in [-0.15, -0.1) is 11.3 Å². The molecule has 1 aromatic heterocycles. The molecule has 1 aromatic carbocycles. The summed E-state index contributed by atoms with van der Waals surface area (Å²) in [5.74, 6) is -0.471. The zero-order chi connectivity index (χ0) is 15.9. The molecule has 0 radical (unpaired) electrons. The maximum Gasteiger partial charge on any atom is 0.251 e. The van der Waals surface area contributed by atoms with Gasteiger partial charge in [-0.2, -0.15) is 0 Å². The van der Waals surface area contributed by atoms with E-state index >= 15 is 0 Å². The summed E-state index contributed by atoms with van der Waals surface area (Å²) in [7, 11) is 0. The van der Waals surface area contributed by atoms with E-state index in [-0.39, 0.29) is 17.7 Å². The average molecular weight is 317 g/mol. The van der Waals surface area contributed by atoms with E-state index in [1.54, 1.807) is 35.8 Å². The van der Waals surface area contributed by atoms with Crippen molar-refractivity contribution in [1.29, 1.82) is 0 Å². The number of carbonyl (C=O) groups excluding carboxylic acids is 2. The third-order valence-electron chi connectivity index (χ3n) is 3.48. The molecular weight excluding hydrogens is 298 g/mol. The third kappa shape index (κ3) is 4.14. The van der Waals surface area contributed by atoms with Gasteiger partial charge < -0.3 is 10.6 Å². The van der Waals surface area contributed by atoms with Crippen molar-refractivity contribution in [3.63, 3.8) is 0 Å². The van der Waals surface area contributed by atoms with Crippen LogP contribution >= 0.6 is 11.3 Å². The summed E-state index contributed by atoms with van der Waals surface area (Å²) in [6.45, 7) is 3.93. The molecule has 0 bridgehead atoms. The fraction of sp³-hybridized carbons (Fsp3) is 0.312. The Labute approximate surface area is 133 Å². The van der Waals surface area contributed by atoms with Gasteiger partial charge in [0.15, 0.2) is 5.13 Å². The molecule has 22 heavy (non-hydrogen) atoms. The van der Waals surface area contributed by atoms with E-state index in [1.165, 1.54) is 11.3 Å². The second-order valence-electron chi connectivity index (χ2n) is 5.03. The summed E-state index contributed by atoms with van der Waals surface area (Å²) in [4.78, 5) is 28.7. The molecule has 5 nitrogen and oxygen atoms in total. The van der Waals surface area contributed by atoms with Crippen molar-refractivity contribution in [2.75, 3.05) is 5.32 Å². The van der Waals surface area contributed by atoms with Crippen LogP contribution in [0.25, 0.3) is 0 Å². The van der Waals surface area contributed by atoms with Crippen LogP contribution in [0.15, 0.2) is 41.9 Å². The Balaban J connectivity index is 2.09. The monoisotopic (exact) mass is 317 g/mol. The molecule has 0 fully saturated rings. The van der Waals surface area contributed by atoms with Gasteiger partial charge in [-0.25, -0.2) is 4.98 Å². The normalized spacial score (nSPS) is 13.2. The highest BCUT2D eigenvalue weighted by molar-refractivity contribution is 7.13. The maximum atomic E-state index is 12.4. The van der Waals surface area contributed by atoms with Gasteiger partial charge in [-0.05, 0) is 18.1 Å². The SMILES string of the molecule is CCC(C)C(NC(=O)c1ccccc1)C(=O)Nc1nccs1. The molecule has 2 unspecified atom stereocenters. The van der Waals surface area contributed by atoms with Crippen LogP contribution in [0.4, 0.5) is 5.13 Å². The summed E-state index contributed by atoms with van der Waals surface area (Å²) < 4.78 is 0. The standard InChI is InChI=1S/C16H19N3O2S/c1-3-11(2)13(15(21)19-16-17-9-10-22-16)18-14(20)12-7-5-4-6-8-12/h4-11,13H,3H2,1-2H3,(H,18,20)(H,17,19,21). The fourth-order valence-corrected chi connectivity index (χ4v) is 2.52. The fourth-order valence-electron chi connectivity index (χ4n) is 1.98. The van der Waals surface area contributed by atoms with Crippen molar-refractivity contribution >= 4 is 28.3 Å². The van der Waals surface area contributed by atoms with E-state index in [0.29, 0.717) is 10.7 Å². The minimum Gasteiger partial charge on any atom is -0.340 e. The zero-order valence-electron chi connectivity index (χ0n) is 12.6. The van der Waals surface area contributed by atoms with Gasteiger partial charge in [-0.3, -0.25) is 9.59 Å². The molecule has 2 aromatic rings. The minimum atomic E-state index is -0.596. The van der Waals surface area contributed by atoms with Crippen molar-refractivity contribution in [2.24, 2.45) is 5.92 Å². The molecule has 6 heteroatoms. The van der Waals surface area contributed by atoms with E-state index in [0.717, 1.165) is 6.42 Å². The highest BCUT2D eigenvalue weighted by Crippen LogP contribution is 2.15. The maximum absolute atomic E-state index is 12.4. The van der Waals surface area contributed by atoms with Gasteiger partial charge in [0.2, 0.25) is 5.91 Å². The Kier molecular flexibility index (Phi) is 5.66. The van der Waals surface area contributed by atoms with Gasteiger partial charge >= 0.3 is 0 Å². The average Bonchev–Trinajstić information content (AvgIpc) is 3.05. The first-order valence-electron chi connectivity index (χ1n) is 7.18.